The molecule has 2 aliphatic rings. The van der Waals surface area contributed by atoms with Crippen LogP contribution in [-0.4, -0.2) is 41.0 Å². The first-order valence-corrected chi connectivity index (χ1v) is 9.85. The SMILES string of the molecule is CC(C)C(NC(=O)O)C1CCN(c2ccc(C(=O)C3CC3)cc2[N+](=O)[O-])CC1. The van der Waals surface area contributed by atoms with Gasteiger partial charge in [-0.2, -0.15) is 0 Å². The third kappa shape index (κ3) is 4.43. The Hall–Kier alpha value is -2.64. The van der Waals surface area contributed by atoms with Crippen molar-refractivity contribution in [3.63, 3.8) is 0 Å². The number of piperidine rings is 1. The molecule has 0 spiro atoms. The molecule has 8 heteroatoms. The van der Waals surface area contributed by atoms with Gasteiger partial charge in [0.2, 0.25) is 0 Å². The molecule has 3 rings (SSSR count). The van der Waals surface area contributed by atoms with Crippen LogP contribution in [0.25, 0.3) is 0 Å². The first-order valence-electron chi connectivity index (χ1n) is 9.85. The molecule has 1 aliphatic carbocycles. The summed E-state index contributed by atoms with van der Waals surface area (Å²) in [5.74, 6) is 0.389. The molecule has 1 unspecified atom stereocenters. The highest BCUT2D eigenvalue weighted by atomic mass is 16.6. The number of carbonyl (C=O) groups is 2. The van der Waals surface area contributed by atoms with E-state index in [4.69, 9.17) is 5.11 Å². The van der Waals surface area contributed by atoms with Crippen molar-refractivity contribution in [2.75, 3.05) is 18.0 Å². The standard InChI is InChI=1S/C20H27N3O5/c1-12(2)18(21-20(25)26)13-7-9-22(10-8-13)16-6-5-15(11-17(16)23(27)28)19(24)14-3-4-14/h5-6,11-14,18,21H,3-4,7-10H2,1-2H3,(H,25,26). The third-order valence-electron chi connectivity index (χ3n) is 5.80. The van der Waals surface area contributed by atoms with Gasteiger partial charge in [-0.3, -0.25) is 14.9 Å². The molecule has 1 aromatic rings. The normalized spacial score (nSPS) is 18.8. The van der Waals surface area contributed by atoms with Gasteiger partial charge in [0, 0.05) is 36.7 Å². The van der Waals surface area contributed by atoms with Crippen LogP contribution in [0.5, 0.6) is 0 Å². The molecule has 28 heavy (non-hydrogen) atoms. The van der Waals surface area contributed by atoms with Gasteiger partial charge in [0.1, 0.15) is 5.69 Å². The number of hydrogen-bond donors (Lipinski definition) is 2. The van der Waals surface area contributed by atoms with Crippen molar-refractivity contribution in [3.05, 3.63) is 33.9 Å². The van der Waals surface area contributed by atoms with E-state index < -0.39 is 11.0 Å². The number of nitro benzene ring substituents is 1. The molecular weight excluding hydrogens is 362 g/mol. The number of benzene rings is 1. The molecule has 1 amide bonds. The maximum absolute atomic E-state index is 12.2. The fourth-order valence-electron chi connectivity index (χ4n) is 4.14. The van der Waals surface area contributed by atoms with Crippen molar-refractivity contribution in [3.8, 4) is 0 Å². The summed E-state index contributed by atoms with van der Waals surface area (Å²) in [7, 11) is 0. The van der Waals surface area contributed by atoms with Crippen LogP contribution in [-0.2, 0) is 0 Å². The van der Waals surface area contributed by atoms with E-state index in [0.717, 1.165) is 25.7 Å². The highest BCUT2D eigenvalue weighted by Crippen LogP contribution is 2.37. The molecule has 8 nitrogen and oxygen atoms in total. The zero-order valence-electron chi connectivity index (χ0n) is 16.3. The van der Waals surface area contributed by atoms with Crippen LogP contribution in [0.2, 0.25) is 0 Å². The second-order valence-electron chi connectivity index (χ2n) is 8.14. The molecule has 0 aromatic heterocycles. The topological polar surface area (TPSA) is 113 Å². The van der Waals surface area contributed by atoms with Crippen LogP contribution >= 0.6 is 0 Å². The number of nitro groups is 1. The average Bonchev–Trinajstić information content (AvgIpc) is 3.50. The lowest BCUT2D eigenvalue weighted by atomic mass is 9.83. The van der Waals surface area contributed by atoms with Crippen molar-refractivity contribution < 1.29 is 19.6 Å². The van der Waals surface area contributed by atoms with E-state index in [0.29, 0.717) is 24.3 Å². The largest absolute Gasteiger partial charge is 0.465 e. The summed E-state index contributed by atoms with van der Waals surface area (Å²) in [6, 6.07) is 4.65. The van der Waals surface area contributed by atoms with Gasteiger partial charge in [-0.25, -0.2) is 4.79 Å². The van der Waals surface area contributed by atoms with E-state index in [1.165, 1.54) is 6.07 Å². The average molecular weight is 389 g/mol. The number of amides is 1. The Balaban J connectivity index is 1.73. The van der Waals surface area contributed by atoms with Gasteiger partial charge in [0.15, 0.2) is 5.78 Å². The molecule has 1 heterocycles. The lowest BCUT2D eigenvalue weighted by Gasteiger charge is -2.38. The van der Waals surface area contributed by atoms with E-state index in [1.54, 1.807) is 12.1 Å². The van der Waals surface area contributed by atoms with E-state index in [2.05, 4.69) is 5.32 Å². The summed E-state index contributed by atoms with van der Waals surface area (Å²) in [4.78, 5) is 36.5. The van der Waals surface area contributed by atoms with Crippen molar-refractivity contribution in [2.24, 2.45) is 17.8 Å². The van der Waals surface area contributed by atoms with Gasteiger partial charge in [0.05, 0.1) is 4.92 Å². The number of anilines is 1. The molecule has 1 atom stereocenters. The molecule has 1 aliphatic heterocycles. The summed E-state index contributed by atoms with van der Waals surface area (Å²) in [5, 5.41) is 23.3. The zero-order chi connectivity index (χ0) is 20.4. The number of nitrogens with zero attached hydrogens (tertiary/aromatic N) is 2. The number of nitrogens with one attached hydrogen (secondary N) is 1. The maximum atomic E-state index is 12.2. The molecule has 0 radical (unpaired) electrons. The minimum Gasteiger partial charge on any atom is -0.465 e. The molecule has 0 bridgehead atoms. The predicted octanol–water partition coefficient (Wildman–Crippen LogP) is 3.70. The molecule has 1 aromatic carbocycles. The van der Waals surface area contributed by atoms with Crippen LogP contribution in [0.15, 0.2) is 18.2 Å². The Bertz CT molecular complexity index is 767. The van der Waals surface area contributed by atoms with E-state index in [9.17, 15) is 19.7 Å². The van der Waals surface area contributed by atoms with Crippen molar-refractivity contribution in [1.82, 2.24) is 5.32 Å². The van der Waals surface area contributed by atoms with Crippen LogP contribution in [0, 0.1) is 27.9 Å². The number of hydrogen-bond acceptors (Lipinski definition) is 5. The highest BCUT2D eigenvalue weighted by molar-refractivity contribution is 6.00. The first-order chi connectivity index (χ1) is 13.3. The molecular formula is C20H27N3O5. The van der Waals surface area contributed by atoms with Gasteiger partial charge in [0.25, 0.3) is 5.69 Å². The van der Waals surface area contributed by atoms with Gasteiger partial charge in [-0.1, -0.05) is 13.8 Å². The Morgan fingerprint density at radius 1 is 1.21 bits per heavy atom. The Morgan fingerprint density at radius 2 is 1.86 bits per heavy atom. The Labute approximate surface area is 164 Å². The lowest BCUT2D eigenvalue weighted by Crippen LogP contribution is -2.47. The molecule has 152 valence electrons. The summed E-state index contributed by atoms with van der Waals surface area (Å²) in [6.07, 6.45) is 2.21. The smallest absolute Gasteiger partial charge is 0.404 e. The summed E-state index contributed by atoms with van der Waals surface area (Å²) in [6.45, 7) is 5.22. The summed E-state index contributed by atoms with van der Waals surface area (Å²) in [5.41, 5.74) is 0.912. The van der Waals surface area contributed by atoms with E-state index in [-0.39, 0.29) is 35.3 Å². The van der Waals surface area contributed by atoms with Crippen molar-refractivity contribution >= 4 is 23.3 Å². The minimum atomic E-state index is -1.02. The second-order valence-corrected chi connectivity index (χ2v) is 8.14. The maximum Gasteiger partial charge on any atom is 0.404 e. The van der Waals surface area contributed by atoms with E-state index in [1.807, 2.05) is 18.7 Å². The number of ketones is 1. The molecule has 2 N–H and O–H groups in total. The van der Waals surface area contributed by atoms with Crippen molar-refractivity contribution in [2.45, 2.75) is 45.6 Å². The summed E-state index contributed by atoms with van der Waals surface area (Å²) >= 11 is 0. The minimum absolute atomic E-state index is 0.00659. The van der Waals surface area contributed by atoms with E-state index >= 15 is 0 Å². The lowest BCUT2D eigenvalue weighted by molar-refractivity contribution is -0.384. The Morgan fingerprint density at radius 3 is 2.36 bits per heavy atom. The third-order valence-corrected chi connectivity index (χ3v) is 5.80. The van der Waals surface area contributed by atoms with Gasteiger partial charge < -0.3 is 15.3 Å². The Kier molecular flexibility index (Phi) is 5.86. The predicted molar refractivity (Wildman–Crippen MR) is 105 cm³/mol. The number of Topliss-reactive ketones (excluding diaryl/α,β-unsaturated/α-hetero) is 1. The number of carbonyl (C=O) groups excluding carboxylic acids is 1. The van der Waals surface area contributed by atoms with Crippen molar-refractivity contribution in [1.29, 1.82) is 0 Å². The monoisotopic (exact) mass is 389 g/mol. The van der Waals surface area contributed by atoms with Crippen LogP contribution in [0.4, 0.5) is 16.2 Å². The number of rotatable bonds is 7. The van der Waals surface area contributed by atoms with Gasteiger partial charge in [-0.15, -0.1) is 0 Å². The zero-order valence-corrected chi connectivity index (χ0v) is 16.3. The molecule has 1 saturated carbocycles. The van der Waals surface area contributed by atoms with Crippen LogP contribution < -0.4 is 10.2 Å². The quantitative estimate of drug-likeness (QED) is 0.418. The fourth-order valence-corrected chi connectivity index (χ4v) is 4.14. The second kappa shape index (κ2) is 8.16. The summed E-state index contributed by atoms with van der Waals surface area (Å²) < 4.78 is 0. The number of carboxylic acid groups (broad SMARTS) is 1. The van der Waals surface area contributed by atoms with Gasteiger partial charge >= 0.3 is 6.09 Å². The molecule has 2 fully saturated rings. The fraction of sp³-hybridized carbons (Fsp3) is 0.600. The molecule has 1 saturated heterocycles. The van der Waals surface area contributed by atoms with Gasteiger partial charge in [-0.05, 0) is 49.7 Å². The van der Waals surface area contributed by atoms with Crippen LogP contribution in [0.1, 0.15) is 49.9 Å². The first kappa shape index (κ1) is 20.1. The highest BCUT2D eigenvalue weighted by Gasteiger charge is 2.34. The van der Waals surface area contributed by atoms with Crippen LogP contribution in [0.3, 0.4) is 0 Å².